The van der Waals surface area contributed by atoms with Crippen LogP contribution in [0.2, 0.25) is 0 Å². The highest BCUT2D eigenvalue weighted by atomic mass is 16.3. The van der Waals surface area contributed by atoms with Gasteiger partial charge in [-0.05, 0) is 12.8 Å². The molecule has 2 nitrogen and oxygen atoms in total. The largest absolute Gasteiger partial charge is 0.394 e. The van der Waals surface area contributed by atoms with Crippen molar-refractivity contribution in [2.45, 2.75) is 56.9 Å². The zero-order valence-electron chi connectivity index (χ0n) is 7.89. The molecule has 1 fully saturated rings. The summed E-state index contributed by atoms with van der Waals surface area (Å²) < 4.78 is 0. The second kappa shape index (κ2) is 4.83. The van der Waals surface area contributed by atoms with Gasteiger partial charge in [0.1, 0.15) is 0 Å². The van der Waals surface area contributed by atoms with Crippen LogP contribution in [0.25, 0.3) is 0 Å². The van der Waals surface area contributed by atoms with Gasteiger partial charge in [-0.2, -0.15) is 0 Å². The van der Waals surface area contributed by atoms with Gasteiger partial charge in [0.2, 0.25) is 0 Å². The Bertz CT molecular complexity index is 115. The van der Waals surface area contributed by atoms with E-state index >= 15 is 0 Å². The summed E-state index contributed by atoms with van der Waals surface area (Å²) in [4.78, 5) is 0. The molecule has 1 rings (SSSR count). The lowest BCUT2D eigenvalue weighted by molar-refractivity contribution is 0.174. The maximum Gasteiger partial charge on any atom is 0.0611 e. The molecule has 0 atom stereocenters. The van der Waals surface area contributed by atoms with Crippen LogP contribution >= 0.6 is 0 Å². The van der Waals surface area contributed by atoms with Gasteiger partial charge in [-0.15, -0.1) is 0 Å². The van der Waals surface area contributed by atoms with Crippen molar-refractivity contribution in [1.29, 1.82) is 0 Å². The first-order valence-corrected chi connectivity index (χ1v) is 5.17. The van der Waals surface area contributed by atoms with E-state index in [1.165, 1.54) is 38.5 Å². The molecule has 0 aliphatic heterocycles. The molecule has 0 amide bonds. The normalized spacial score (nSPS) is 25.5. The van der Waals surface area contributed by atoms with E-state index in [4.69, 9.17) is 10.8 Å². The van der Waals surface area contributed by atoms with Gasteiger partial charge in [0.15, 0.2) is 0 Å². The average molecular weight is 171 g/mol. The van der Waals surface area contributed by atoms with Gasteiger partial charge in [-0.25, -0.2) is 0 Å². The predicted molar refractivity (Wildman–Crippen MR) is 50.9 cm³/mol. The molecule has 72 valence electrons. The van der Waals surface area contributed by atoms with E-state index in [9.17, 15) is 0 Å². The summed E-state index contributed by atoms with van der Waals surface area (Å²) in [5.41, 5.74) is 5.79. The summed E-state index contributed by atoms with van der Waals surface area (Å²) >= 11 is 0. The Labute approximate surface area is 75.2 Å². The van der Waals surface area contributed by atoms with E-state index in [1.54, 1.807) is 0 Å². The fraction of sp³-hybridized carbons (Fsp3) is 1.00. The smallest absolute Gasteiger partial charge is 0.0611 e. The van der Waals surface area contributed by atoms with E-state index in [0.29, 0.717) is 0 Å². The monoisotopic (exact) mass is 171 g/mol. The maximum absolute atomic E-state index is 9.13. The molecule has 0 heterocycles. The molecule has 0 aromatic rings. The van der Waals surface area contributed by atoms with Gasteiger partial charge >= 0.3 is 0 Å². The molecule has 0 saturated heterocycles. The Hall–Kier alpha value is -0.0800. The minimum absolute atomic E-state index is 0.160. The zero-order valence-corrected chi connectivity index (χ0v) is 7.89. The minimum atomic E-state index is -0.260. The number of nitrogens with two attached hydrogens (primary N) is 1. The van der Waals surface area contributed by atoms with E-state index in [0.717, 1.165) is 12.8 Å². The number of aliphatic hydroxyl groups is 1. The third-order valence-electron chi connectivity index (χ3n) is 2.91. The molecule has 0 spiro atoms. The standard InChI is InChI=1S/C10H21NO/c11-10(9-12)7-5-3-1-2-4-6-8-10/h12H,1-9,11H2. The predicted octanol–water partition coefficient (Wildman–Crippen LogP) is 1.81. The first-order valence-electron chi connectivity index (χ1n) is 5.17. The van der Waals surface area contributed by atoms with Gasteiger partial charge < -0.3 is 10.8 Å². The van der Waals surface area contributed by atoms with Crippen LogP contribution in [0.1, 0.15) is 51.4 Å². The first-order chi connectivity index (χ1) is 5.77. The van der Waals surface area contributed by atoms with Crippen molar-refractivity contribution in [3.8, 4) is 0 Å². The van der Waals surface area contributed by atoms with E-state index in [-0.39, 0.29) is 12.1 Å². The van der Waals surface area contributed by atoms with Crippen LogP contribution in [0.15, 0.2) is 0 Å². The first kappa shape index (κ1) is 10.0. The molecule has 12 heavy (non-hydrogen) atoms. The highest BCUT2D eigenvalue weighted by Gasteiger charge is 2.23. The Kier molecular flexibility index (Phi) is 4.02. The fourth-order valence-electron chi connectivity index (χ4n) is 1.94. The Morgan fingerprint density at radius 2 is 1.33 bits per heavy atom. The third kappa shape index (κ3) is 3.11. The summed E-state index contributed by atoms with van der Waals surface area (Å²) in [6.07, 6.45) is 9.67. The van der Waals surface area contributed by atoms with Crippen molar-refractivity contribution in [3.05, 3.63) is 0 Å². The summed E-state index contributed by atoms with van der Waals surface area (Å²) in [5.74, 6) is 0. The van der Waals surface area contributed by atoms with E-state index in [2.05, 4.69) is 0 Å². The molecule has 0 aromatic heterocycles. The lowest BCUT2D eigenvalue weighted by atomic mass is 9.90. The molecule has 0 bridgehead atoms. The molecular formula is C10H21NO. The minimum Gasteiger partial charge on any atom is -0.394 e. The molecule has 3 N–H and O–H groups in total. The number of rotatable bonds is 1. The molecule has 2 heteroatoms. The van der Waals surface area contributed by atoms with Crippen molar-refractivity contribution in [2.75, 3.05) is 6.61 Å². The molecular weight excluding hydrogens is 150 g/mol. The van der Waals surface area contributed by atoms with Gasteiger partial charge in [0, 0.05) is 5.54 Å². The summed E-state index contributed by atoms with van der Waals surface area (Å²) in [6.45, 7) is 0.160. The highest BCUT2D eigenvalue weighted by Crippen LogP contribution is 2.22. The van der Waals surface area contributed by atoms with Gasteiger partial charge in [0.05, 0.1) is 6.61 Å². The third-order valence-corrected chi connectivity index (χ3v) is 2.91. The molecule has 1 saturated carbocycles. The summed E-state index contributed by atoms with van der Waals surface area (Å²) in [5, 5.41) is 9.13. The lowest BCUT2D eigenvalue weighted by Gasteiger charge is -2.26. The molecule has 1 aliphatic carbocycles. The number of aliphatic hydroxyl groups excluding tert-OH is 1. The van der Waals surface area contributed by atoms with Gasteiger partial charge in [0.25, 0.3) is 0 Å². The average Bonchev–Trinajstić information content (AvgIpc) is 2.18. The second-order valence-corrected chi connectivity index (χ2v) is 4.14. The number of hydrogen-bond acceptors (Lipinski definition) is 2. The summed E-state index contributed by atoms with van der Waals surface area (Å²) in [6, 6.07) is 0. The summed E-state index contributed by atoms with van der Waals surface area (Å²) in [7, 11) is 0. The topological polar surface area (TPSA) is 46.2 Å². The van der Waals surface area contributed by atoms with Crippen molar-refractivity contribution in [2.24, 2.45) is 5.73 Å². The molecule has 0 unspecified atom stereocenters. The fourth-order valence-corrected chi connectivity index (χ4v) is 1.94. The SMILES string of the molecule is NC1(CO)CCCCCCCC1. The van der Waals surface area contributed by atoms with Crippen LogP contribution in [0.4, 0.5) is 0 Å². The Balaban J connectivity index is 2.38. The van der Waals surface area contributed by atoms with Crippen LogP contribution in [0.3, 0.4) is 0 Å². The second-order valence-electron chi connectivity index (χ2n) is 4.14. The van der Waals surface area contributed by atoms with Crippen molar-refractivity contribution < 1.29 is 5.11 Å². The van der Waals surface area contributed by atoms with Gasteiger partial charge in [-0.1, -0.05) is 38.5 Å². The highest BCUT2D eigenvalue weighted by molar-refractivity contribution is 4.83. The quantitative estimate of drug-likeness (QED) is 0.632. The van der Waals surface area contributed by atoms with Crippen molar-refractivity contribution in [1.82, 2.24) is 0 Å². The Morgan fingerprint density at radius 3 is 1.75 bits per heavy atom. The lowest BCUT2D eigenvalue weighted by Crippen LogP contribution is -2.43. The molecule has 0 aromatic carbocycles. The number of hydrogen-bond donors (Lipinski definition) is 2. The molecule has 0 radical (unpaired) electrons. The van der Waals surface area contributed by atoms with E-state index in [1.807, 2.05) is 0 Å². The van der Waals surface area contributed by atoms with Crippen molar-refractivity contribution >= 4 is 0 Å². The van der Waals surface area contributed by atoms with E-state index < -0.39 is 0 Å². The Morgan fingerprint density at radius 1 is 0.917 bits per heavy atom. The van der Waals surface area contributed by atoms with Crippen LogP contribution < -0.4 is 5.73 Å². The maximum atomic E-state index is 9.13. The van der Waals surface area contributed by atoms with Crippen LogP contribution in [0, 0.1) is 0 Å². The molecule has 1 aliphatic rings. The zero-order chi connectivity index (χ0) is 8.86. The van der Waals surface area contributed by atoms with Crippen molar-refractivity contribution in [3.63, 3.8) is 0 Å². The van der Waals surface area contributed by atoms with Crippen LogP contribution in [-0.2, 0) is 0 Å². The van der Waals surface area contributed by atoms with Gasteiger partial charge in [-0.3, -0.25) is 0 Å². The van der Waals surface area contributed by atoms with Crippen LogP contribution in [0.5, 0.6) is 0 Å². The van der Waals surface area contributed by atoms with Crippen LogP contribution in [-0.4, -0.2) is 17.3 Å².